The zero-order chi connectivity index (χ0) is 14.0. The van der Waals surface area contributed by atoms with Crippen LogP contribution in [0.3, 0.4) is 0 Å². The van der Waals surface area contributed by atoms with E-state index in [-0.39, 0.29) is 22.1 Å². The molecule has 0 atom stereocenters. The van der Waals surface area contributed by atoms with Gasteiger partial charge in [-0.1, -0.05) is 11.6 Å². The average Bonchev–Trinajstić information content (AvgIpc) is 2.30. The molecule has 0 amide bonds. The normalized spacial score (nSPS) is 12.1. The molecule has 0 radical (unpaired) electrons. The Morgan fingerprint density at radius 1 is 1.44 bits per heavy atom. The van der Waals surface area contributed by atoms with Gasteiger partial charge in [-0.05, 0) is 38.5 Å². The van der Waals surface area contributed by atoms with Crippen molar-refractivity contribution in [2.75, 3.05) is 11.5 Å². The monoisotopic (exact) mass is 286 g/mol. The Labute approximate surface area is 112 Å². The van der Waals surface area contributed by atoms with Crippen molar-refractivity contribution in [1.29, 1.82) is 5.26 Å². The van der Waals surface area contributed by atoms with E-state index >= 15 is 0 Å². The zero-order valence-electron chi connectivity index (χ0n) is 10.3. The fourth-order valence-corrected chi connectivity index (χ4v) is 3.46. The Bertz CT molecular complexity index is 589. The topological polar surface area (TPSA) is 84.0 Å². The second kappa shape index (κ2) is 5.17. The summed E-state index contributed by atoms with van der Waals surface area (Å²) in [5, 5.41) is 9.02. The maximum Gasteiger partial charge on any atom is 0.179 e. The molecule has 18 heavy (non-hydrogen) atoms. The predicted molar refractivity (Wildman–Crippen MR) is 71.9 cm³/mol. The lowest BCUT2D eigenvalue weighted by atomic mass is 9.93. The molecule has 4 nitrogen and oxygen atoms in total. The molecular weight excluding hydrogens is 272 g/mol. The van der Waals surface area contributed by atoms with Gasteiger partial charge >= 0.3 is 0 Å². The maximum absolute atomic E-state index is 12.1. The Morgan fingerprint density at radius 2 is 2.06 bits per heavy atom. The number of nitrogen functional groups attached to an aromatic ring is 1. The first kappa shape index (κ1) is 14.8. The molecule has 0 fully saturated rings. The van der Waals surface area contributed by atoms with E-state index in [0.717, 1.165) is 0 Å². The van der Waals surface area contributed by atoms with Crippen molar-refractivity contribution in [2.24, 2.45) is 5.41 Å². The number of nitriles is 1. The van der Waals surface area contributed by atoms with Crippen molar-refractivity contribution in [3.63, 3.8) is 0 Å². The van der Waals surface area contributed by atoms with Crippen molar-refractivity contribution in [3.8, 4) is 6.07 Å². The van der Waals surface area contributed by atoms with E-state index in [0.29, 0.717) is 5.69 Å². The van der Waals surface area contributed by atoms with Crippen molar-refractivity contribution in [3.05, 3.63) is 23.2 Å². The van der Waals surface area contributed by atoms with Gasteiger partial charge in [0.15, 0.2) is 9.84 Å². The average molecular weight is 287 g/mol. The summed E-state index contributed by atoms with van der Waals surface area (Å²) in [5.41, 5.74) is 5.22. The summed E-state index contributed by atoms with van der Waals surface area (Å²) in [6.07, 6.45) is 0.247. The second-order valence-corrected chi connectivity index (χ2v) is 7.24. The number of halogens is 1. The van der Waals surface area contributed by atoms with E-state index in [2.05, 4.69) is 6.07 Å². The van der Waals surface area contributed by atoms with Crippen LogP contribution in [0.5, 0.6) is 0 Å². The Hall–Kier alpha value is -1.25. The first-order chi connectivity index (χ1) is 8.18. The SMILES string of the molecule is CC(C)(C#N)CCS(=O)(=O)c1cc(N)ccc1Cl. The van der Waals surface area contributed by atoms with Gasteiger partial charge in [0.1, 0.15) is 0 Å². The lowest BCUT2D eigenvalue weighted by molar-refractivity contribution is 0.473. The lowest BCUT2D eigenvalue weighted by Crippen LogP contribution is -2.16. The molecule has 0 saturated carbocycles. The van der Waals surface area contributed by atoms with E-state index in [1.54, 1.807) is 19.9 Å². The van der Waals surface area contributed by atoms with Gasteiger partial charge in [0.05, 0.1) is 27.2 Å². The molecule has 0 aliphatic rings. The van der Waals surface area contributed by atoms with Gasteiger partial charge < -0.3 is 5.73 Å². The molecule has 0 aliphatic carbocycles. The van der Waals surface area contributed by atoms with Crippen molar-refractivity contribution in [2.45, 2.75) is 25.2 Å². The predicted octanol–water partition coefficient (Wildman–Crippen LogP) is 2.64. The minimum Gasteiger partial charge on any atom is -0.399 e. The van der Waals surface area contributed by atoms with Gasteiger partial charge in [-0.15, -0.1) is 0 Å². The highest BCUT2D eigenvalue weighted by molar-refractivity contribution is 7.91. The van der Waals surface area contributed by atoms with Crippen LogP contribution < -0.4 is 5.73 Å². The molecule has 0 unspecified atom stereocenters. The molecule has 98 valence electrons. The molecular formula is C12H15ClN2O2S. The third kappa shape index (κ3) is 3.62. The van der Waals surface area contributed by atoms with Crippen molar-refractivity contribution in [1.82, 2.24) is 0 Å². The summed E-state index contributed by atoms with van der Waals surface area (Å²) in [6, 6.07) is 6.41. The number of hydrogen-bond donors (Lipinski definition) is 1. The quantitative estimate of drug-likeness (QED) is 0.862. The number of rotatable bonds is 4. The van der Waals surface area contributed by atoms with E-state index in [4.69, 9.17) is 22.6 Å². The van der Waals surface area contributed by atoms with Crippen LogP contribution in [0.1, 0.15) is 20.3 Å². The summed E-state index contributed by atoms with van der Waals surface area (Å²) >= 11 is 5.86. The summed E-state index contributed by atoms with van der Waals surface area (Å²) in [4.78, 5) is 0.0258. The van der Waals surface area contributed by atoms with Crippen LogP contribution in [-0.4, -0.2) is 14.2 Å². The first-order valence-corrected chi connectivity index (χ1v) is 7.40. The van der Waals surface area contributed by atoms with E-state index in [1.807, 2.05) is 0 Å². The Kier molecular flexibility index (Phi) is 4.25. The Balaban J connectivity index is 3.02. The summed E-state index contributed by atoms with van der Waals surface area (Å²) in [7, 11) is -3.52. The van der Waals surface area contributed by atoms with Crippen LogP contribution in [0.15, 0.2) is 23.1 Å². The number of sulfone groups is 1. The van der Waals surface area contributed by atoms with Gasteiger partial charge in [-0.3, -0.25) is 0 Å². The van der Waals surface area contributed by atoms with Crippen LogP contribution in [0.25, 0.3) is 0 Å². The molecule has 1 aromatic rings. The van der Waals surface area contributed by atoms with Crippen LogP contribution in [0, 0.1) is 16.7 Å². The smallest absolute Gasteiger partial charge is 0.179 e. The molecule has 1 aromatic carbocycles. The van der Waals surface area contributed by atoms with Gasteiger partial charge in [0.2, 0.25) is 0 Å². The molecule has 0 spiro atoms. The molecule has 0 bridgehead atoms. The van der Waals surface area contributed by atoms with Gasteiger partial charge in [-0.2, -0.15) is 5.26 Å². The fraction of sp³-hybridized carbons (Fsp3) is 0.417. The molecule has 0 saturated heterocycles. The van der Waals surface area contributed by atoms with Crippen LogP contribution in [0.4, 0.5) is 5.69 Å². The largest absolute Gasteiger partial charge is 0.399 e. The van der Waals surface area contributed by atoms with E-state index in [1.165, 1.54) is 12.1 Å². The van der Waals surface area contributed by atoms with E-state index in [9.17, 15) is 8.42 Å². The standard InChI is InChI=1S/C12H15ClN2O2S/c1-12(2,8-14)5-6-18(16,17)11-7-9(15)3-4-10(11)13/h3-4,7H,5-6,15H2,1-2H3. The van der Waals surface area contributed by atoms with Crippen LogP contribution in [-0.2, 0) is 9.84 Å². The molecule has 1 rings (SSSR count). The lowest BCUT2D eigenvalue weighted by Gasteiger charge is -2.15. The number of benzene rings is 1. The molecule has 0 aromatic heterocycles. The van der Waals surface area contributed by atoms with E-state index < -0.39 is 15.3 Å². The van der Waals surface area contributed by atoms with Gasteiger partial charge in [0.25, 0.3) is 0 Å². The summed E-state index contributed by atoms with van der Waals surface area (Å²) < 4.78 is 24.2. The molecule has 0 aliphatic heterocycles. The zero-order valence-corrected chi connectivity index (χ0v) is 11.8. The highest BCUT2D eigenvalue weighted by atomic mass is 35.5. The highest BCUT2D eigenvalue weighted by Gasteiger charge is 2.24. The van der Waals surface area contributed by atoms with Crippen molar-refractivity contribution < 1.29 is 8.42 Å². The van der Waals surface area contributed by atoms with Crippen LogP contribution in [0.2, 0.25) is 5.02 Å². The highest BCUT2D eigenvalue weighted by Crippen LogP contribution is 2.27. The minimum absolute atomic E-state index is 0.0258. The summed E-state index contributed by atoms with van der Waals surface area (Å²) in [6.45, 7) is 3.40. The number of nitrogens with zero attached hydrogens (tertiary/aromatic N) is 1. The molecule has 6 heteroatoms. The third-order valence-corrected chi connectivity index (χ3v) is 4.78. The number of nitrogens with two attached hydrogens (primary N) is 1. The first-order valence-electron chi connectivity index (χ1n) is 5.37. The minimum atomic E-state index is -3.52. The van der Waals surface area contributed by atoms with Crippen molar-refractivity contribution >= 4 is 27.1 Å². The Morgan fingerprint density at radius 3 is 2.61 bits per heavy atom. The van der Waals surface area contributed by atoms with Gasteiger partial charge in [-0.25, -0.2) is 8.42 Å². The van der Waals surface area contributed by atoms with Crippen LogP contribution >= 0.6 is 11.6 Å². The third-order valence-electron chi connectivity index (χ3n) is 2.59. The number of anilines is 1. The molecule has 0 heterocycles. The number of hydrogen-bond acceptors (Lipinski definition) is 4. The maximum atomic E-state index is 12.1. The molecule has 2 N–H and O–H groups in total. The summed E-state index contributed by atoms with van der Waals surface area (Å²) in [5.74, 6) is -0.128. The van der Waals surface area contributed by atoms with Gasteiger partial charge in [0, 0.05) is 5.69 Å². The fourth-order valence-electron chi connectivity index (χ4n) is 1.31. The second-order valence-electron chi connectivity index (χ2n) is 4.75.